The SMILES string of the molecule is CC(C)NS(=O)(=O)/N=C(\N)NC(=O)c1ccc(N2CCCCC2)cc1. The molecule has 1 aromatic carbocycles. The number of nitrogens with two attached hydrogens (primary N) is 1. The maximum absolute atomic E-state index is 12.1. The second-order valence-electron chi connectivity index (χ2n) is 6.27. The number of nitrogens with zero attached hydrogens (tertiary/aromatic N) is 2. The van der Waals surface area contributed by atoms with Crippen molar-refractivity contribution < 1.29 is 13.2 Å². The second kappa shape index (κ2) is 8.30. The van der Waals surface area contributed by atoms with Crippen LogP contribution in [0.2, 0.25) is 0 Å². The lowest BCUT2D eigenvalue weighted by Gasteiger charge is -2.28. The average Bonchev–Trinajstić information content (AvgIpc) is 2.53. The Morgan fingerprint density at radius 3 is 2.32 bits per heavy atom. The molecule has 1 saturated heterocycles. The Morgan fingerprint density at radius 2 is 1.76 bits per heavy atom. The summed E-state index contributed by atoms with van der Waals surface area (Å²) in [5.74, 6) is -0.982. The van der Waals surface area contributed by atoms with E-state index in [-0.39, 0.29) is 6.04 Å². The van der Waals surface area contributed by atoms with Crippen LogP contribution in [-0.4, -0.2) is 39.4 Å². The Morgan fingerprint density at radius 1 is 1.16 bits per heavy atom. The number of nitrogens with one attached hydrogen (secondary N) is 2. The van der Waals surface area contributed by atoms with Crippen molar-refractivity contribution >= 4 is 27.8 Å². The summed E-state index contributed by atoms with van der Waals surface area (Å²) in [4.78, 5) is 14.4. The van der Waals surface area contributed by atoms with E-state index in [2.05, 4.69) is 19.3 Å². The number of hydrogen-bond donors (Lipinski definition) is 3. The summed E-state index contributed by atoms with van der Waals surface area (Å²) < 4.78 is 28.9. The lowest BCUT2D eigenvalue weighted by Crippen LogP contribution is -2.39. The van der Waals surface area contributed by atoms with Gasteiger partial charge in [-0.05, 0) is 57.4 Å². The number of carbonyl (C=O) groups excluding carboxylic acids is 1. The molecule has 2 rings (SSSR count). The number of piperidine rings is 1. The Kier molecular flexibility index (Phi) is 6.38. The average molecular weight is 367 g/mol. The zero-order chi connectivity index (χ0) is 18.4. The summed E-state index contributed by atoms with van der Waals surface area (Å²) in [5, 5.41) is 2.28. The highest BCUT2D eigenvalue weighted by Gasteiger charge is 2.14. The Hall–Kier alpha value is -2.13. The topological polar surface area (TPSA) is 117 Å². The molecule has 1 heterocycles. The molecule has 0 aromatic heterocycles. The van der Waals surface area contributed by atoms with E-state index >= 15 is 0 Å². The van der Waals surface area contributed by atoms with E-state index in [4.69, 9.17) is 5.73 Å². The van der Waals surface area contributed by atoms with Crippen LogP contribution < -0.4 is 20.7 Å². The number of amides is 1. The van der Waals surface area contributed by atoms with Crippen molar-refractivity contribution in [3.8, 4) is 0 Å². The fraction of sp³-hybridized carbons (Fsp3) is 0.500. The first-order valence-electron chi connectivity index (χ1n) is 8.31. The molecule has 0 bridgehead atoms. The van der Waals surface area contributed by atoms with Crippen molar-refractivity contribution in [3.63, 3.8) is 0 Å². The highest BCUT2D eigenvalue weighted by Crippen LogP contribution is 2.20. The highest BCUT2D eigenvalue weighted by atomic mass is 32.2. The zero-order valence-electron chi connectivity index (χ0n) is 14.5. The predicted molar refractivity (Wildman–Crippen MR) is 98.8 cm³/mol. The smallest absolute Gasteiger partial charge is 0.323 e. The molecule has 4 N–H and O–H groups in total. The van der Waals surface area contributed by atoms with E-state index in [0.29, 0.717) is 5.56 Å². The summed E-state index contributed by atoms with van der Waals surface area (Å²) in [7, 11) is -3.94. The van der Waals surface area contributed by atoms with Crippen LogP contribution in [0.15, 0.2) is 28.7 Å². The molecule has 25 heavy (non-hydrogen) atoms. The predicted octanol–water partition coefficient (Wildman–Crippen LogP) is 0.964. The molecule has 1 aliphatic rings. The van der Waals surface area contributed by atoms with Gasteiger partial charge in [-0.2, -0.15) is 13.1 Å². The van der Waals surface area contributed by atoms with E-state index in [1.807, 2.05) is 12.1 Å². The van der Waals surface area contributed by atoms with Crippen molar-refractivity contribution in [3.05, 3.63) is 29.8 Å². The molecule has 1 aliphatic heterocycles. The minimum absolute atomic E-state index is 0.320. The van der Waals surface area contributed by atoms with Crippen LogP contribution >= 0.6 is 0 Å². The van der Waals surface area contributed by atoms with Crippen molar-refractivity contribution in [2.24, 2.45) is 10.1 Å². The van der Waals surface area contributed by atoms with Crippen molar-refractivity contribution in [2.75, 3.05) is 18.0 Å². The summed E-state index contributed by atoms with van der Waals surface area (Å²) >= 11 is 0. The fourth-order valence-electron chi connectivity index (χ4n) is 2.64. The first-order chi connectivity index (χ1) is 11.8. The fourth-order valence-corrected chi connectivity index (χ4v) is 3.59. The number of anilines is 1. The van der Waals surface area contributed by atoms with Crippen LogP contribution in [0.3, 0.4) is 0 Å². The minimum Gasteiger partial charge on any atom is -0.372 e. The molecule has 0 radical (unpaired) electrons. The molecule has 1 fully saturated rings. The lowest BCUT2D eigenvalue weighted by atomic mass is 10.1. The minimum atomic E-state index is -3.94. The normalized spacial score (nSPS) is 16.1. The molecule has 9 heteroatoms. The van der Waals surface area contributed by atoms with Crippen molar-refractivity contribution in [1.82, 2.24) is 10.0 Å². The molecule has 1 aromatic rings. The summed E-state index contributed by atoms with van der Waals surface area (Å²) in [6.45, 7) is 5.36. The maximum atomic E-state index is 12.1. The largest absolute Gasteiger partial charge is 0.372 e. The molecule has 8 nitrogen and oxygen atoms in total. The van der Waals surface area contributed by atoms with Crippen LogP contribution in [0.25, 0.3) is 0 Å². The van der Waals surface area contributed by atoms with E-state index < -0.39 is 22.1 Å². The van der Waals surface area contributed by atoms with Gasteiger partial charge in [-0.3, -0.25) is 10.1 Å². The third-order valence-corrected chi connectivity index (χ3v) is 4.90. The van der Waals surface area contributed by atoms with Crippen LogP contribution in [0, 0.1) is 0 Å². The van der Waals surface area contributed by atoms with Gasteiger partial charge >= 0.3 is 10.2 Å². The van der Waals surface area contributed by atoms with Gasteiger partial charge in [-0.1, -0.05) is 0 Å². The summed E-state index contributed by atoms with van der Waals surface area (Å²) in [5.41, 5.74) is 6.96. The van der Waals surface area contributed by atoms with Crippen molar-refractivity contribution in [2.45, 2.75) is 39.2 Å². The molecule has 138 valence electrons. The van der Waals surface area contributed by atoms with Crippen molar-refractivity contribution in [1.29, 1.82) is 0 Å². The monoisotopic (exact) mass is 367 g/mol. The number of guanidine groups is 1. The molecule has 0 unspecified atom stereocenters. The van der Waals surface area contributed by atoms with Crippen LogP contribution in [0.4, 0.5) is 5.69 Å². The van der Waals surface area contributed by atoms with Gasteiger partial charge in [0.25, 0.3) is 5.91 Å². The molecular weight excluding hydrogens is 342 g/mol. The van der Waals surface area contributed by atoms with Crippen LogP contribution in [-0.2, 0) is 10.2 Å². The molecular formula is C16H25N5O3S. The Bertz CT molecular complexity index is 723. The van der Waals surface area contributed by atoms with Gasteiger partial charge in [0.15, 0.2) is 0 Å². The second-order valence-corrected chi connectivity index (χ2v) is 7.64. The molecule has 0 saturated carbocycles. The standard InChI is InChI=1S/C16H25N5O3S/c1-12(2)19-25(23,24)20-16(17)18-15(22)13-6-8-14(9-7-13)21-10-4-3-5-11-21/h6-9,12,19H,3-5,10-11H2,1-2H3,(H3,17,18,20,22). The molecule has 0 aliphatic carbocycles. The summed E-state index contributed by atoms with van der Waals surface area (Å²) in [6.07, 6.45) is 3.60. The lowest BCUT2D eigenvalue weighted by molar-refractivity contribution is 0.0977. The van der Waals surface area contributed by atoms with E-state index in [9.17, 15) is 13.2 Å². The molecule has 0 spiro atoms. The van der Waals surface area contributed by atoms with E-state index in [0.717, 1.165) is 18.8 Å². The van der Waals surface area contributed by atoms with Gasteiger partial charge in [-0.15, -0.1) is 4.40 Å². The van der Waals surface area contributed by atoms with Gasteiger partial charge in [0, 0.05) is 30.4 Å². The van der Waals surface area contributed by atoms with Gasteiger partial charge in [0.05, 0.1) is 0 Å². The number of carbonyl (C=O) groups is 1. The van der Waals surface area contributed by atoms with Crippen LogP contribution in [0.1, 0.15) is 43.5 Å². The Labute approximate surface area is 148 Å². The number of rotatable bonds is 5. The third kappa shape index (κ3) is 6.02. The number of benzene rings is 1. The highest BCUT2D eigenvalue weighted by molar-refractivity contribution is 7.88. The zero-order valence-corrected chi connectivity index (χ0v) is 15.3. The van der Waals surface area contributed by atoms with Gasteiger partial charge in [0.1, 0.15) is 0 Å². The Balaban J connectivity index is 2.00. The van der Waals surface area contributed by atoms with E-state index in [1.165, 1.54) is 19.3 Å². The first kappa shape index (κ1) is 19.2. The molecule has 1 amide bonds. The maximum Gasteiger partial charge on any atom is 0.323 e. The quantitative estimate of drug-likeness (QED) is 0.529. The number of hydrogen-bond acceptors (Lipinski definition) is 4. The van der Waals surface area contributed by atoms with Gasteiger partial charge in [0.2, 0.25) is 5.96 Å². The van der Waals surface area contributed by atoms with Gasteiger partial charge < -0.3 is 10.6 Å². The van der Waals surface area contributed by atoms with E-state index in [1.54, 1.807) is 26.0 Å². The van der Waals surface area contributed by atoms with Gasteiger partial charge in [-0.25, -0.2) is 0 Å². The first-order valence-corrected chi connectivity index (χ1v) is 9.75. The summed E-state index contributed by atoms with van der Waals surface area (Å²) in [6, 6.07) is 6.82. The molecule has 0 atom stereocenters. The third-order valence-electron chi connectivity index (χ3n) is 3.70. The van der Waals surface area contributed by atoms with Crippen LogP contribution in [0.5, 0.6) is 0 Å².